The number of aromatic nitrogens is 3. The van der Waals surface area contributed by atoms with Crippen LogP contribution in [0.15, 0.2) is 84.0 Å². The molecule has 30 heavy (non-hydrogen) atoms. The van der Waals surface area contributed by atoms with Crippen LogP contribution in [-0.2, 0) is 6.42 Å². The van der Waals surface area contributed by atoms with Crippen molar-refractivity contribution < 1.29 is 4.74 Å². The van der Waals surface area contributed by atoms with Crippen molar-refractivity contribution in [3.05, 3.63) is 101 Å². The molecule has 0 N–H and O–H groups in total. The normalized spacial score (nSPS) is 10.9. The molecule has 0 aliphatic rings. The summed E-state index contributed by atoms with van der Waals surface area (Å²) in [6.45, 7) is 2.62. The number of para-hydroxylation sites is 1. The molecule has 1 heterocycles. The first-order valence-corrected chi connectivity index (χ1v) is 11.1. The van der Waals surface area contributed by atoms with Gasteiger partial charge >= 0.3 is 0 Å². The van der Waals surface area contributed by atoms with Crippen molar-refractivity contribution in [3.63, 3.8) is 0 Å². The standard InChI is InChI=1S/C24H22ClN3OS/c1-18-8-7-11-20(16-18)28-23(17-19-9-3-2-4-10-19)26-27-24(28)30-15-14-29-22-13-6-5-12-21(22)25/h2-13,16H,14-15,17H2,1H3. The molecule has 6 heteroatoms. The van der Waals surface area contributed by atoms with Crippen LogP contribution < -0.4 is 4.74 Å². The summed E-state index contributed by atoms with van der Waals surface area (Å²) in [5, 5.41) is 10.5. The van der Waals surface area contributed by atoms with E-state index < -0.39 is 0 Å². The SMILES string of the molecule is Cc1cccc(-n2c(Cc3ccccc3)nnc2SCCOc2ccccc2Cl)c1. The van der Waals surface area contributed by atoms with Gasteiger partial charge in [0, 0.05) is 17.9 Å². The molecule has 4 aromatic rings. The van der Waals surface area contributed by atoms with Crippen molar-refractivity contribution in [2.75, 3.05) is 12.4 Å². The van der Waals surface area contributed by atoms with Gasteiger partial charge in [0.15, 0.2) is 5.16 Å². The van der Waals surface area contributed by atoms with Gasteiger partial charge in [-0.25, -0.2) is 0 Å². The van der Waals surface area contributed by atoms with Crippen LogP contribution in [0.4, 0.5) is 0 Å². The van der Waals surface area contributed by atoms with Crippen LogP contribution in [0, 0.1) is 6.92 Å². The van der Waals surface area contributed by atoms with E-state index in [1.54, 1.807) is 11.8 Å². The monoisotopic (exact) mass is 435 g/mol. The Hall–Kier alpha value is -2.76. The summed E-state index contributed by atoms with van der Waals surface area (Å²) in [6.07, 6.45) is 0.721. The maximum Gasteiger partial charge on any atom is 0.195 e. The van der Waals surface area contributed by atoms with E-state index in [1.165, 1.54) is 11.1 Å². The quantitative estimate of drug-likeness (QED) is 0.251. The van der Waals surface area contributed by atoms with Crippen LogP contribution in [0.2, 0.25) is 5.02 Å². The third-order valence-corrected chi connectivity index (χ3v) is 5.78. The number of benzene rings is 3. The number of aryl methyl sites for hydroxylation is 1. The molecule has 0 atom stereocenters. The fraction of sp³-hybridized carbons (Fsp3) is 0.167. The summed E-state index contributed by atoms with van der Waals surface area (Å²) in [6, 6.07) is 26.2. The summed E-state index contributed by atoms with van der Waals surface area (Å²) < 4.78 is 7.95. The zero-order chi connectivity index (χ0) is 20.8. The fourth-order valence-electron chi connectivity index (χ4n) is 3.16. The maximum absolute atomic E-state index is 6.16. The lowest BCUT2D eigenvalue weighted by Gasteiger charge is -2.12. The van der Waals surface area contributed by atoms with Crippen molar-refractivity contribution in [1.82, 2.24) is 14.8 Å². The van der Waals surface area contributed by atoms with E-state index in [0.29, 0.717) is 17.4 Å². The lowest BCUT2D eigenvalue weighted by molar-refractivity contribution is 0.344. The van der Waals surface area contributed by atoms with Crippen molar-refractivity contribution in [2.45, 2.75) is 18.5 Å². The van der Waals surface area contributed by atoms with Crippen molar-refractivity contribution in [2.24, 2.45) is 0 Å². The van der Waals surface area contributed by atoms with E-state index in [0.717, 1.165) is 28.8 Å². The lowest BCUT2D eigenvalue weighted by Crippen LogP contribution is -2.06. The minimum absolute atomic E-state index is 0.531. The molecule has 0 aliphatic carbocycles. The predicted molar refractivity (Wildman–Crippen MR) is 123 cm³/mol. The maximum atomic E-state index is 6.16. The van der Waals surface area contributed by atoms with Crippen LogP contribution in [-0.4, -0.2) is 27.1 Å². The Bertz CT molecular complexity index is 1110. The third kappa shape index (κ3) is 5.04. The molecule has 0 saturated heterocycles. The van der Waals surface area contributed by atoms with Gasteiger partial charge in [-0.05, 0) is 42.3 Å². The molecule has 0 saturated carbocycles. The number of hydrogen-bond acceptors (Lipinski definition) is 4. The molecular weight excluding hydrogens is 414 g/mol. The minimum atomic E-state index is 0.531. The van der Waals surface area contributed by atoms with E-state index in [4.69, 9.17) is 16.3 Å². The van der Waals surface area contributed by atoms with Gasteiger partial charge in [-0.2, -0.15) is 0 Å². The Morgan fingerprint density at radius 1 is 0.933 bits per heavy atom. The number of hydrogen-bond donors (Lipinski definition) is 0. The molecule has 0 amide bonds. The van der Waals surface area contributed by atoms with Crippen molar-refractivity contribution in [3.8, 4) is 11.4 Å². The molecule has 4 rings (SSSR count). The minimum Gasteiger partial charge on any atom is -0.491 e. The van der Waals surface area contributed by atoms with Crippen LogP contribution in [0.25, 0.3) is 5.69 Å². The lowest BCUT2D eigenvalue weighted by atomic mass is 10.1. The summed E-state index contributed by atoms with van der Waals surface area (Å²) in [5.74, 6) is 2.35. The summed E-state index contributed by atoms with van der Waals surface area (Å²) in [4.78, 5) is 0. The molecule has 0 radical (unpaired) electrons. The number of ether oxygens (including phenoxy) is 1. The van der Waals surface area contributed by atoms with E-state index in [-0.39, 0.29) is 0 Å². The first-order valence-electron chi connectivity index (χ1n) is 9.76. The van der Waals surface area contributed by atoms with Gasteiger partial charge < -0.3 is 4.74 Å². The van der Waals surface area contributed by atoms with Gasteiger partial charge in [-0.15, -0.1) is 10.2 Å². The molecule has 0 spiro atoms. The number of nitrogens with zero attached hydrogens (tertiary/aromatic N) is 3. The van der Waals surface area contributed by atoms with Crippen molar-refractivity contribution >= 4 is 23.4 Å². The first-order chi connectivity index (χ1) is 14.7. The highest BCUT2D eigenvalue weighted by molar-refractivity contribution is 7.99. The topological polar surface area (TPSA) is 39.9 Å². The van der Waals surface area contributed by atoms with Crippen LogP contribution in [0.5, 0.6) is 5.75 Å². The highest BCUT2D eigenvalue weighted by atomic mass is 35.5. The molecule has 0 unspecified atom stereocenters. The van der Waals surface area contributed by atoms with E-state index in [2.05, 4.69) is 58.1 Å². The second-order valence-electron chi connectivity index (χ2n) is 6.86. The molecule has 152 valence electrons. The van der Waals surface area contributed by atoms with E-state index in [9.17, 15) is 0 Å². The second kappa shape index (κ2) is 9.83. The third-order valence-electron chi connectivity index (χ3n) is 4.57. The molecule has 0 fully saturated rings. The number of halogens is 1. The highest BCUT2D eigenvalue weighted by Crippen LogP contribution is 2.26. The summed E-state index contributed by atoms with van der Waals surface area (Å²) in [7, 11) is 0. The smallest absolute Gasteiger partial charge is 0.195 e. The van der Waals surface area contributed by atoms with Crippen LogP contribution >= 0.6 is 23.4 Å². The molecule has 1 aromatic heterocycles. The fourth-order valence-corrected chi connectivity index (χ4v) is 4.14. The summed E-state index contributed by atoms with van der Waals surface area (Å²) in [5.41, 5.74) is 3.47. The molecule has 0 bridgehead atoms. The van der Waals surface area contributed by atoms with Gasteiger partial charge in [0.05, 0.1) is 11.6 Å². The molecular formula is C24H22ClN3OS. The van der Waals surface area contributed by atoms with Gasteiger partial charge in [0.1, 0.15) is 11.6 Å². The average Bonchev–Trinajstić information content (AvgIpc) is 3.15. The zero-order valence-corrected chi connectivity index (χ0v) is 18.2. The van der Waals surface area contributed by atoms with Gasteiger partial charge in [0.25, 0.3) is 0 Å². The number of rotatable bonds is 8. The largest absolute Gasteiger partial charge is 0.491 e. The molecule has 4 nitrogen and oxygen atoms in total. The van der Waals surface area contributed by atoms with Gasteiger partial charge in [0.2, 0.25) is 0 Å². The Labute approximate surface area is 185 Å². The summed E-state index contributed by atoms with van der Waals surface area (Å²) >= 11 is 7.79. The number of thioether (sulfide) groups is 1. The first kappa shape index (κ1) is 20.5. The Morgan fingerprint density at radius 3 is 2.53 bits per heavy atom. The van der Waals surface area contributed by atoms with E-state index in [1.807, 2.05) is 42.5 Å². The Morgan fingerprint density at radius 2 is 1.73 bits per heavy atom. The predicted octanol–water partition coefficient (Wildman–Crippen LogP) is 5.99. The Kier molecular flexibility index (Phi) is 6.72. The Balaban J connectivity index is 1.52. The van der Waals surface area contributed by atoms with Gasteiger partial charge in [-0.1, -0.05) is 78.0 Å². The average molecular weight is 436 g/mol. The van der Waals surface area contributed by atoms with Crippen LogP contribution in [0.3, 0.4) is 0 Å². The second-order valence-corrected chi connectivity index (χ2v) is 8.33. The zero-order valence-electron chi connectivity index (χ0n) is 16.7. The van der Waals surface area contributed by atoms with Crippen molar-refractivity contribution in [1.29, 1.82) is 0 Å². The van der Waals surface area contributed by atoms with Crippen LogP contribution in [0.1, 0.15) is 17.0 Å². The van der Waals surface area contributed by atoms with E-state index >= 15 is 0 Å². The van der Waals surface area contributed by atoms with Gasteiger partial charge in [-0.3, -0.25) is 4.57 Å². The highest BCUT2D eigenvalue weighted by Gasteiger charge is 2.15. The molecule has 3 aromatic carbocycles. The molecule has 0 aliphatic heterocycles.